The summed E-state index contributed by atoms with van der Waals surface area (Å²) in [5, 5.41) is 0. The fraction of sp³-hybridized carbons (Fsp3) is 0.545. The predicted molar refractivity (Wildman–Crippen MR) is 50.1 cm³/mol. The largest absolute Gasteiger partial charge is 0.463 e. The Balaban J connectivity index is 1.93. The molecule has 0 radical (unpaired) electrons. The molecule has 0 heterocycles. The number of carbonyl (C=O) groups is 1. The summed E-state index contributed by atoms with van der Waals surface area (Å²) in [6, 6.07) is 0. The third-order valence-electron chi connectivity index (χ3n) is 2.83. The molecule has 2 nitrogen and oxygen atoms in total. The van der Waals surface area contributed by atoms with Crippen LogP contribution in [0.3, 0.4) is 0 Å². The van der Waals surface area contributed by atoms with E-state index < -0.39 is 0 Å². The fourth-order valence-electron chi connectivity index (χ4n) is 2.11. The van der Waals surface area contributed by atoms with Gasteiger partial charge in [0.05, 0.1) is 6.61 Å². The number of rotatable bonds is 2. The van der Waals surface area contributed by atoms with Crippen LogP contribution in [0.25, 0.3) is 0 Å². The van der Waals surface area contributed by atoms with Gasteiger partial charge in [-0.05, 0) is 31.6 Å². The van der Waals surface area contributed by atoms with Gasteiger partial charge in [-0.1, -0.05) is 17.7 Å². The number of ether oxygens (including phenoxy) is 1. The summed E-state index contributed by atoms with van der Waals surface area (Å²) in [5.74, 6) is 1.15. The third kappa shape index (κ3) is 1.53. The summed E-state index contributed by atoms with van der Waals surface area (Å²) in [6.07, 6.45) is 8.31. The minimum Gasteiger partial charge on any atom is -0.463 e. The average molecular weight is 178 g/mol. The smallest absolute Gasteiger partial charge is 0.330 e. The second-order valence-corrected chi connectivity index (χ2v) is 3.61. The molecule has 2 rings (SSSR count). The first-order valence-corrected chi connectivity index (χ1v) is 4.85. The Kier molecular flexibility index (Phi) is 2.21. The van der Waals surface area contributed by atoms with Gasteiger partial charge in [0.25, 0.3) is 0 Å². The van der Waals surface area contributed by atoms with Crippen LogP contribution in [0.15, 0.2) is 23.8 Å². The first-order valence-electron chi connectivity index (χ1n) is 4.85. The molecule has 0 saturated heterocycles. The standard InChI is InChI=1S/C11H14O2/c1-2-13-11(12)7-9-6-8-4-3-5-10(8)9/h3-4,7-8,10H,2,5-6H2,1H3. The highest BCUT2D eigenvalue weighted by molar-refractivity contribution is 5.83. The zero-order valence-electron chi connectivity index (χ0n) is 7.82. The SMILES string of the molecule is CCOC(=O)C=C1CC2C=CCC12. The summed E-state index contributed by atoms with van der Waals surface area (Å²) < 4.78 is 4.86. The lowest BCUT2D eigenvalue weighted by Gasteiger charge is -2.33. The Morgan fingerprint density at radius 3 is 3.31 bits per heavy atom. The summed E-state index contributed by atoms with van der Waals surface area (Å²) in [4.78, 5) is 11.1. The van der Waals surface area contributed by atoms with Gasteiger partial charge in [0.2, 0.25) is 0 Å². The van der Waals surface area contributed by atoms with Crippen molar-refractivity contribution in [3.8, 4) is 0 Å². The van der Waals surface area contributed by atoms with Crippen molar-refractivity contribution in [2.45, 2.75) is 19.8 Å². The first-order chi connectivity index (χ1) is 6.31. The van der Waals surface area contributed by atoms with Gasteiger partial charge in [-0.3, -0.25) is 0 Å². The molecule has 2 atom stereocenters. The van der Waals surface area contributed by atoms with Crippen molar-refractivity contribution < 1.29 is 9.53 Å². The number of hydrogen-bond acceptors (Lipinski definition) is 2. The normalized spacial score (nSPS) is 32.8. The Labute approximate surface area is 78.3 Å². The van der Waals surface area contributed by atoms with Crippen LogP contribution in [0.4, 0.5) is 0 Å². The molecule has 1 fully saturated rings. The molecule has 0 aromatic rings. The van der Waals surface area contributed by atoms with E-state index >= 15 is 0 Å². The van der Waals surface area contributed by atoms with Gasteiger partial charge >= 0.3 is 5.97 Å². The molecule has 0 spiro atoms. The maximum absolute atomic E-state index is 11.1. The Morgan fingerprint density at radius 1 is 1.77 bits per heavy atom. The Morgan fingerprint density at radius 2 is 2.62 bits per heavy atom. The minimum atomic E-state index is -0.178. The highest BCUT2D eigenvalue weighted by Crippen LogP contribution is 2.46. The van der Waals surface area contributed by atoms with Crippen LogP contribution in [0.2, 0.25) is 0 Å². The molecule has 70 valence electrons. The van der Waals surface area contributed by atoms with E-state index in [0.717, 1.165) is 12.8 Å². The van der Waals surface area contributed by atoms with Gasteiger partial charge in [0, 0.05) is 6.08 Å². The second-order valence-electron chi connectivity index (χ2n) is 3.61. The quantitative estimate of drug-likeness (QED) is 0.367. The zero-order chi connectivity index (χ0) is 9.26. The summed E-state index contributed by atoms with van der Waals surface area (Å²) in [5.41, 5.74) is 1.27. The molecule has 2 unspecified atom stereocenters. The zero-order valence-corrected chi connectivity index (χ0v) is 7.82. The van der Waals surface area contributed by atoms with Crippen molar-refractivity contribution in [3.63, 3.8) is 0 Å². The number of hydrogen-bond donors (Lipinski definition) is 0. The van der Waals surface area contributed by atoms with Crippen molar-refractivity contribution in [3.05, 3.63) is 23.8 Å². The Hall–Kier alpha value is -1.05. The molecule has 0 aromatic heterocycles. The molecular formula is C11H14O2. The van der Waals surface area contributed by atoms with E-state index in [4.69, 9.17) is 4.74 Å². The lowest BCUT2D eigenvalue weighted by atomic mass is 9.71. The van der Waals surface area contributed by atoms with Crippen molar-refractivity contribution in [1.82, 2.24) is 0 Å². The van der Waals surface area contributed by atoms with E-state index in [0.29, 0.717) is 18.4 Å². The lowest BCUT2D eigenvalue weighted by molar-refractivity contribution is -0.137. The van der Waals surface area contributed by atoms with Crippen LogP contribution in [0.1, 0.15) is 19.8 Å². The number of esters is 1. The molecule has 2 aliphatic carbocycles. The van der Waals surface area contributed by atoms with Crippen LogP contribution in [0.5, 0.6) is 0 Å². The average Bonchev–Trinajstić information content (AvgIpc) is 2.43. The Bertz CT molecular complexity index is 276. The lowest BCUT2D eigenvalue weighted by Crippen LogP contribution is -2.24. The molecule has 0 amide bonds. The van der Waals surface area contributed by atoms with E-state index in [1.54, 1.807) is 6.08 Å². The maximum atomic E-state index is 11.1. The molecule has 0 aromatic carbocycles. The summed E-state index contributed by atoms with van der Waals surface area (Å²) >= 11 is 0. The molecule has 0 aliphatic heterocycles. The van der Waals surface area contributed by atoms with E-state index in [9.17, 15) is 4.79 Å². The highest BCUT2D eigenvalue weighted by atomic mass is 16.5. The first kappa shape index (κ1) is 8.54. The molecule has 2 heteroatoms. The topological polar surface area (TPSA) is 26.3 Å². The third-order valence-corrected chi connectivity index (χ3v) is 2.83. The van der Waals surface area contributed by atoms with E-state index in [-0.39, 0.29) is 5.97 Å². The summed E-state index contributed by atoms with van der Waals surface area (Å²) in [6.45, 7) is 2.30. The van der Waals surface area contributed by atoms with Gasteiger partial charge in [-0.2, -0.15) is 0 Å². The fourth-order valence-corrected chi connectivity index (χ4v) is 2.11. The maximum Gasteiger partial charge on any atom is 0.330 e. The van der Waals surface area contributed by atoms with Crippen LogP contribution < -0.4 is 0 Å². The van der Waals surface area contributed by atoms with E-state index in [1.165, 1.54) is 5.57 Å². The predicted octanol–water partition coefficient (Wildman–Crippen LogP) is 2.07. The van der Waals surface area contributed by atoms with Crippen molar-refractivity contribution in [2.75, 3.05) is 6.61 Å². The number of allylic oxidation sites excluding steroid dienone is 3. The molecule has 0 N–H and O–H groups in total. The van der Waals surface area contributed by atoms with E-state index in [2.05, 4.69) is 12.2 Å². The van der Waals surface area contributed by atoms with Crippen molar-refractivity contribution in [1.29, 1.82) is 0 Å². The van der Waals surface area contributed by atoms with Crippen LogP contribution in [-0.2, 0) is 9.53 Å². The van der Waals surface area contributed by atoms with Crippen molar-refractivity contribution in [2.24, 2.45) is 11.8 Å². The molecule has 1 saturated carbocycles. The molecule has 0 bridgehead atoms. The van der Waals surface area contributed by atoms with Gasteiger partial charge in [-0.15, -0.1) is 0 Å². The van der Waals surface area contributed by atoms with Crippen LogP contribution in [0, 0.1) is 11.8 Å². The van der Waals surface area contributed by atoms with Gasteiger partial charge in [-0.25, -0.2) is 4.79 Å². The number of fused-ring (bicyclic) bond motifs is 1. The van der Waals surface area contributed by atoms with Gasteiger partial charge in [0.1, 0.15) is 0 Å². The van der Waals surface area contributed by atoms with Crippen molar-refractivity contribution >= 4 is 5.97 Å². The highest BCUT2D eigenvalue weighted by Gasteiger charge is 2.36. The second kappa shape index (κ2) is 3.36. The minimum absolute atomic E-state index is 0.178. The number of carbonyl (C=O) groups excluding carboxylic acids is 1. The van der Waals surface area contributed by atoms with Gasteiger partial charge < -0.3 is 4.74 Å². The van der Waals surface area contributed by atoms with Crippen LogP contribution >= 0.6 is 0 Å². The molecule has 13 heavy (non-hydrogen) atoms. The molecule has 2 aliphatic rings. The summed E-state index contributed by atoms with van der Waals surface area (Å²) in [7, 11) is 0. The van der Waals surface area contributed by atoms with Gasteiger partial charge in [0.15, 0.2) is 0 Å². The molecular weight excluding hydrogens is 164 g/mol. The van der Waals surface area contributed by atoms with Crippen LogP contribution in [-0.4, -0.2) is 12.6 Å². The van der Waals surface area contributed by atoms with E-state index in [1.807, 2.05) is 6.92 Å². The monoisotopic (exact) mass is 178 g/mol.